The van der Waals surface area contributed by atoms with Crippen LogP contribution in [0.5, 0.6) is 0 Å². The predicted molar refractivity (Wildman–Crippen MR) is 138 cm³/mol. The van der Waals surface area contributed by atoms with Gasteiger partial charge in [-0.05, 0) is 74.8 Å². The number of hydrogen-bond donors (Lipinski definition) is 1. The SMILES string of the molecule is CC(C)(C)OC(=O)N(C(=O)C1CCNCC1)c1cccc(-c2nc(Br)cc(N3CCOCC3)n2)c1. The van der Waals surface area contributed by atoms with Crippen LogP contribution in [0.4, 0.5) is 16.3 Å². The van der Waals surface area contributed by atoms with Crippen LogP contribution in [0.25, 0.3) is 11.4 Å². The molecule has 2 aliphatic heterocycles. The Kier molecular flexibility index (Phi) is 8.03. The van der Waals surface area contributed by atoms with Gasteiger partial charge in [0.25, 0.3) is 0 Å². The van der Waals surface area contributed by atoms with Gasteiger partial charge in [0.2, 0.25) is 5.91 Å². The van der Waals surface area contributed by atoms with Crippen LogP contribution in [0.15, 0.2) is 34.9 Å². The largest absolute Gasteiger partial charge is 0.443 e. The van der Waals surface area contributed by atoms with E-state index in [1.54, 1.807) is 39.0 Å². The second kappa shape index (κ2) is 11.0. The summed E-state index contributed by atoms with van der Waals surface area (Å²) in [6.07, 6.45) is 0.674. The zero-order valence-electron chi connectivity index (χ0n) is 20.4. The normalized spacial score (nSPS) is 17.2. The van der Waals surface area contributed by atoms with Crippen LogP contribution < -0.4 is 15.1 Å². The van der Waals surface area contributed by atoms with Crippen molar-refractivity contribution in [3.8, 4) is 11.4 Å². The third-order valence-electron chi connectivity index (χ3n) is 5.86. The van der Waals surface area contributed by atoms with Gasteiger partial charge in [-0.3, -0.25) is 4.79 Å². The maximum absolute atomic E-state index is 13.5. The summed E-state index contributed by atoms with van der Waals surface area (Å²) in [5.74, 6) is 0.802. The second-order valence-electron chi connectivity index (χ2n) is 9.70. The standard InChI is InChI=1S/C25H32BrN5O4/c1-25(2,3)35-24(33)31(23(32)17-7-9-27-10-8-17)19-6-4-5-18(15-19)22-28-20(26)16-21(29-22)30-11-13-34-14-12-30/h4-6,15-17,27H,7-14H2,1-3H3. The summed E-state index contributed by atoms with van der Waals surface area (Å²) in [7, 11) is 0. The summed E-state index contributed by atoms with van der Waals surface area (Å²) in [6, 6.07) is 9.07. The van der Waals surface area contributed by atoms with Gasteiger partial charge in [0.1, 0.15) is 16.0 Å². The Hall–Kier alpha value is -2.56. The fraction of sp³-hybridized carbons (Fsp3) is 0.520. The van der Waals surface area contributed by atoms with Crippen molar-refractivity contribution >= 4 is 39.4 Å². The van der Waals surface area contributed by atoms with E-state index in [0.717, 1.165) is 32.0 Å². The van der Waals surface area contributed by atoms with Crippen molar-refractivity contribution in [1.82, 2.24) is 15.3 Å². The number of carbonyl (C=O) groups excluding carboxylic acids is 2. The maximum Gasteiger partial charge on any atom is 0.421 e. The molecule has 0 radical (unpaired) electrons. The average molecular weight is 546 g/mol. The lowest BCUT2D eigenvalue weighted by Crippen LogP contribution is -2.46. The lowest BCUT2D eigenvalue weighted by Gasteiger charge is -2.30. The summed E-state index contributed by atoms with van der Waals surface area (Å²) in [5.41, 5.74) is 0.406. The summed E-state index contributed by atoms with van der Waals surface area (Å²) >= 11 is 3.50. The number of ether oxygens (including phenoxy) is 2. The number of piperidine rings is 1. The number of hydrogen-bond acceptors (Lipinski definition) is 8. The number of nitrogens with zero attached hydrogens (tertiary/aromatic N) is 4. The van der Waals surface area contributed by atoms with Crippen molar-refractivity contribution in [2.45, 2.75) is 39.2 Å². The van der Waals surface area contributed by atoms with E-state index in [1.165, 1.54) is 4.90 Å². The van der Waals surface area contributed by atoms with Crippen LogP contribution in [0.2, 0.25) is 0 Å². The quantitative estimate of drug-likeness (QED) is 0.575. The number of rotatable bonds is 4. The Morgan fingerprint density at radius 3 is 2.54 bits per heavy atom. The Balaban J connectivity index is 1.68. The predicted octanol–water partition coefficient (Wildman–Crippen LogP) is 4.01. The summed E-state index contributed by atoms with van der Waals surface area (Å²) in [5, 5.41) is 3.26. The first-order valence-electron chi connectivity index (χ1n) is 12.0. The fourth-order valence-electron chi connectivity index (χ4n) is 4.16. The van der Waals surface area contributed by atoms with Gasteiger partial charge in [-0.2, -0.15) is 0 Å². The number of halogens is 1. The first-order valence-corrected chi connectivity index (χ1v) is 12.8. The average Bonchev–Trinajstić information content (AvgIpc) is 2.84. The minimum atomic E-state index is -0.734. The number of imide groups is 1. The molecule has 3 heterocycles. The lowest BCUT2D eigenvalue weighted by atomic mass is 9.96. The molecule has 4 rings (SSSR count). The van der Waals surface area contributed by atoms with Crippen molar-refractivity contribution in [2.75, 3.05) is 49.2 Å². The summed E-state index contributed by atoms with van der Waals surface area (Å²) < 4.78 is 11.7. The molecule has 1 aromatic heterocycles. The van der Waals surface area contributed by atoms with Crippen LogP contribution in [0.3, 0.4) is 0 Å². The molecule has 0 bridgehead atoms. The molecule has 0 atom stereocenters. The molecule has 0 saturated carbocycles. The van der Waals surface area contributed by atoms with Crippen molar-refractivity contribution in [1.29, 1.82) is 0 Å². The van der Waals surface area contributed by atoms with Crippen LogP contribution in [0, 0.1) is 5.92 Å². The van der Waals surface area contributed by atoms with E-state index in [9.17, 15) is 9.59 Å². The van der Waals surface area contributed by atoms with Crippen LogP contribution in [-0.2, 0) is 14.3 Å². The number of nitrogens with one attached hydrogen (secondary N) is 1. The fourth-order valence-corrected chi connectivity index (χ4v) is 4.53. The van der Waals surface area contributed by atoms with E-state index in [-0.39, 0.29) is 11.8 Å². The monoisotopic (exact) mass is 545 g/mol. The second-order valence-corrected chi connectivity index (χ2v) is 10.5. The van der Waals surface area contributed by atoms with E-state index in [4.69, 9.17) is 14.5 Å². The third kappa shape index (κ3) is 6.56. The lowest BCUT2D eigenvalue weighted by molar-refractivity contribution is -0.122. The first-order chi connectivity index (χ1) is 16.7. The van der Waals surface area contributed by atoms with Gasteiger partial charge in [-0.25, -0.2) is 19.7 Å². The van der Waals surface area contributed by atoms with Crippen molar-refractivity contribution < 1.29 is 19.1 Å². The Bertz CT molecular complexity index is 1060. The van der Waals surface area contributed by atoms with Crippen molar-refractivity contribution in [3.05, 3.63) is 34.9 Å². The molecule has 2 aliphatic rings. The van der Waals surface area contributed by atoms with E-state index < -0.39 is 11.7 Å². The van der Waals surface area contributed by atoms with Gasteiger partial charge >= 0.3 is 6.09 Å². The van der Waals surface area contributed by atoms with Gasteiger partial charge < -0.3 is 19.7 Å². The molecule has 0 aliphatic carbocycles. The number of amides is 2. The molecule has 0 unspecified atom stereocenters. The van der Waals surface area contributed by atoms with Gasteiger partial charge in [-0.15, -0.1) is 0 Å². The molecule has 2 aromatic rings. The maximum atomic E-state index is 13.5. The molecule has 188 valence electrons. The Labute approximate surface area is 214 Å². The highest BCUT2D eigenvalue weighted by Gasteiger charge is 2.34. The van der Waals surface area contributed by atoms with Gasteiger partial charge in [-0.1, -0.05) is 12.1 Å². The molecule has 0 spiro atoms. The molecular formula is C25H32BrN5O4. The molecule has 1 aromatic carbocycles. The number of anilines is 2. The summed E-state index contributed by atoms with van der Waals surface area (Å²) in [4.78, 5) is 39.4. The van der Waals surface area contributed by atoms with Crippen LogP contribution >= 0.6 is 15.9 Å². The zero-order chi connectivity index (χ0) is 25.0. The topological polar surface area (TPSA) is 96.9 Å². The molecule has 10 heteroatoms. The Morgan fingerprint density at radius 2 is 1.86 bits per heavy atom. The first kappa shape index (κ1) is 25.5. The smallest absolute Gasteiger partial charge is 0.421 e. The van der Waals surface area contributed by atoms with E-state index in [1.807, 2.05) is 12.1 Å². The van der Waals surface area contributed by atoms with E-state index >= 15 is 0 Å². The molecule has 35 heavy (non-hydrogen) atoms. The van der Waals surface area contributed by atoms with E-state index in [0.29, 0.717) is 47.7 Å². The third-order valence-corrected chi connectivity index (χ3v) is 6.27. The molecule has 2 saturated heterocycles. The summed E-state index contributed by atoms with van der Waals surface area (Å²) in [6.45, 7) is 9.65. The van der Waals surface area contributed by atoms with E-state index in [2.05, 4.69) is 31.1 Å². The minimum absolute atomic E-state index is 0.248. The van der Waals surface area contributed by atoms with Crippen molar-refractivity contribution in [2.24, 2.45) is 5.92 Å². The van der Waals surface area contributed by atoms with Crippen LogP contribution in [0.1, 0.15) is 33.6 Å². The number of carbonyl (C=O) groups is 2. The highest BCUT2D eigenvalue weighted by atomic mass is 79.9. The molecular weight excluding hydrogens is 514 g/mol. The van der Waals surface area contributed by atoms with Crippen LogP contribution in [-0.4, -0.2) is 67.0 Å². The molecule has 1 N–H and O–H groups in total. The molecule has 2 fully saturated rings. The molecule has 2 amide bonds. The van der Waals surface area contributed by atoms with Crippen molar-refractivity contribution in [3.63, 3.8) is 0 Å². The zero-order valence-corrected chi connectivity index (χ0v) is 22.0. The number of benzene rings is 1. The van der Waals surface area contributed by atoms with Gasteiger partial charge in [0.05, 0.1) is 18.9 Å². The Morgan fingerprint density at radius 1 is 1.14 bits per heavy atom. The minimum Gasteiger partial charge on any atom is -0.443 e. The molecule has 9 nitrogen and oxygen atoms in total. The van der Waals surface area contributed by atoms with Gasteiger partial charge in [0, 0.05) is 30.6 Å². The number of aromatic nitrogens is 2. The highest BCUT2D eigenvalue weighted by molar-refractivity contribution is 9.10. The van der Waals surface area contributed by atoms with Gasteiger partial charge in [0.15, 0.2) is 5.82 Å². The number of morpholine rings is 1. The highest BCUT2D eigenvalue weighted by Crippen LogP contribution is 2.29.